The summed E-state index contributed by atoms with van der Waals surface area (Å²) in [5.74, 6) is -0.563. The number of hydrogen-bond donors (Lipinski definition) is 4. The second-order valence-electron chi connectivity index (χ2n) is 9.87. The van der Waals surface area contributed by atoms with E-state index in [0.717, 1.165) is 11.1 Å². The van der Waals surface area contributed by atoms with Crippen molar-refractivity contribution in [2.75, 3.05) is 10.6 Å². The maximum atomic E-state index is 13.8. The Hall–Kier alpha value is -4.12. The Morgan fingerprint density at radius 1 is 1.16 bits per heavy atom. The van der Waals surface area contributed by atoms with Crippen molar-refractivity contribution >= 4 is 62.4 Å². The van der Waals surface area contributed by atoms with E-state index < -0.39 is 23.1 Å². The number of aromatic nitrogens is 4. The van der Waals surface area contributed by atoms with Crippen LogP contribution < -0.4 is 15.4 Å². The predicted molar refractivity (Wildman–Crippen MR) is 166 cm³/mol. The van der Waals surface area contributed by atoms with E-state index in [-0.39, 0.29) is 23.2 Å². The Bertz CT molecular complexity index is 1880. The molecule has 2 heterocycles. The molecule has 1 unspecified atom stereocenters. The van der Waals surface area contributed by atoms with E-state index in [1.807, 2.05) is 44.3 Å². The van der Waals surface area contributed by atoms with Crippen LogP contribution in [0.5, 0.6) is 0 Å². The van der Waals surface area contributed by atoms with Gasteiger partial charge < -0.3 is 10.6 Å². The second kappa shape index (κ2) is 13.0. The summed E-state index contributed by atoms with van der Waals surface area (Å²) in [7, 11) is 0. The lowest BCUT2D eigenvalue weighted by molar-refractivity contribution is 0.514. The van der Waals surface area contributed by atoms with Crippen molar-refractivity contribution in [2.45, 2.75) is 32.5 Å². The summed E-state index contributed by atoms with van der Waals surface area (Å²) in [6.07, 6.45) is 3.29. The molecular formula is C29H25Cl2FN8O2S. The molecule has 0 aliphatic rings. The van der Waals surface area contributed by atoms with E-state index in [1.54, 1.807) is 16.8 Å². The lowest BCUT2D eigenvalue weighted by atomic mass is 10.0. The van der Waals surface area contributed by atoms with Gasteiger partial charge in [0.25, 0.3) is 0 Å². The van der Waals surface area contributed by atoms with Gasteiger partial charge in [0.2, 0.25) is 11.3 Å². The Morgan fingerprint density at radius 2 is 1.98 bits per heavy atom. The molecule has 3 aromatic carbocycles. The van der Waals surface area contributed by atoms with Gasteiger partial charge in [-0.05, 0) is 55.3 Å². The predicted octanol–water partition coefficient (Wildman–Crippen LogP) is 6.90. The number of pyridine rings is 1. The van der Waals surface area contributed by atoms with Gasteiger partial charge in [0.05, 0.1) is 39.7 Å². The van der Waals surface area contributed by atoms with E-state index in [9.17, 15) is 18.4 Å². The molecule has 2 atom stereocenters. The molecule has 14 heteroatoms. The van der Waals surface area contributed by atoms with Crippen LogP contribution in [0.2, 0.25) is 10.0 Å². The van der Waals surface area contributed by atoms with Crippen molar-refractivity contribution in [3.63, 3.8) is 0 Å². The van der Waals surface area contributed by atoms with Crippen LogP contribution in [0.25, 0.3) is 10.9 Å². The summed E-state index contributed by atoms with van der Waals surface area (Å²) in [5.41, 5.74) is 4.41. The molecule has 0 radical (unpaired) electrons. The van der Waals surface area contributed by atoms with Crippen LogP contribution in [0.1, 0.15) is 48.3 Å². The first kappa shape index (κ1) is 30.3. The third-order valence-corrected chi connectivity index (χ3v) is 7.48. The summed E-state index contributed by atoms with van der Waals surface area (Å²) in [5, 5.41) is 26.1. The quantitative estimate of drug-likeness (QED) is 0.121. The Morgan fingerprint density at radius 3 is 2.67 bits per heavy atom. The number of rotatable bonds is 10. The van der Waals surface area contributed by atoms with Gasteiger partial charge in [-0.15, -0.1) is 5.10 Å². The summed E-state index contributed by atoms with van der Waals surface area (Å²) in [4.78, 5) is 4.58. The number of benzene rings is 3. The molecule has 0 aliphatic carbocycles. The topological polar surface area (TPSA) is 141 Å². The highest BCUT2D eigenvalue weighted by molar-refractivity contribution is 7.77. The van der Waals surface area contributed by atoms with E-state index >= 15 is 0 Å². The highest BCUT2D eigenvalue weighted by Crippen LogP contribution is 2.38. The molecule has 0 saturated heterocycles. The first-order valence-electron chi connectivity index (χ1n) is 13.0. The molecule has 5 aromatic rings. The minimum Gasteiger partial charge on any atom is -0.371 e. The van der Waals surface area contributed by atoms with Crippen molar-refractivity contribution in [2.24, 2.45) is 0 Å². The maximum Gasteiger partial charge on any atom is 0.232 e. The first-order valence-corrected chi connectivity index (χ1v) is 14.8. The lowest BCUT2D eigenvalue weighted by Crippen LogP contribution is -2.17. The van der Waals surface area contributed by atoms with Crippen LogP contribution in [0.15, 0.2) is 67.0 Å². The van der Waals surface area contributed by atoms with Gasteiger partial charge >= 0.3 is 0 Å². The number of hydrogen-bond acceptors (Lipinski definition) is 7. The molecule has 0 saturated carbocycles. The van der Waals surface area contributed by atoms with Crippen LogP contribution in [-0.4, -0.2) is 28.7 Å². The van der Waals surface area contributed by atoms with Gasteiger partial charge in [-0.25, -0.2) is 18.0 Å². The fourth-order valence-electron chi connectivity index (χ4n) is 4.50. The van der Waals surface area contributed by atoms with Gasteiger partial charge in [-0.2, -0.15) is 5.26 Å². The summed E-state index contributed by atoms with van der Waals surface area (Å²) in [6, 6.07) is 16.8. The number of anilines is 3. The van der Waals surface area contributed by atoms with Gasteiger partial charge in [-0.1, -0.05) is 52.7 Å². The summed E-state index contributed by atoms with van der Waals surface area (Å²) in [6.45, 7) is 4.15. The van der Waals surface area contributed by atoms with Gasteiger partial charge in [0.1, 0.15) is 17.6 Å². The third-order valence-electron chi connectivity index (χ3n) is 6.58. The number of nitriles is 1. The zero-order chi connectivity index (χ0) is 30.7. The van der Waals surface area contributed by atoms with E-state index in [4.69, 9.17) is 23.2 Å². The molecule has 0 amide bonds. The molecule has 5 rings (SSSR count). The van der Waals surface area contributed by atoms with Crippen LogP contribution in [0.3, 0.4) is 0 Å². The van der Waals surface area contributed by atoms with Crippen molar-refractivity contribution in [1.29, 1.82) is 5.26 Å². The molecule has 0 aliphatic heterocycles. The van der Waals surface area contributed by atoms with E-state index in [0.29, 0.717) is 38.7 Å². The molecule has 4 N–H and O–H groups in total. The fourth-order valence-corrected chi connectivity index (χ4v) is 5.19. The highest BCUT2D eigenvalue weighted by atomic mass is 35.5. The molecule has 0 fully saturated rings. The summed E-state index contributed by atoms with van der Waals surface area (Å²) >= 11 is 10.4. The normalized spacial score (nSPS) is 12.7. The SMILES string of the molecule is CC(C)n1cc([C@@H](Nc2cc(Cl)cc3c(Nc4ccc(F)c(Cl)c4)c(C#N)cnc23)c2cccc(CNS(=O)O)c2)nn1. The van der Waals surface area contributed by atoms with Crippen LogP contribution in [0.4, 0.5) is 21.5 Å². The van der Waals surface area contributed by atoms with Crippen molar-refractivity contribution in [3.05, 3.63) is 105 Å². The minimum atomic E-state index is -2.16. The Balaban J connectivity index is 1.62. The maximum absolute atomic E-state index is 13.8. The lowest BCUT2D eigenvalue weighted by Gasteiger charge is -2.21. The molecule has 0 bridgehead atoms. The largest absolute Gasteiger partial charge is 0.371 e. The first-order chi connectivity index (χ1) is 20.6. The van der Waals surface area contributed by atoms with Gasteiger partial charge in [0, 0.05) is 34.9 Å². The average Bonchev–Trinajstić information content (AvgIpc) is 3.47. The van der Waals surface area contributed by atoms with E-state index in [1.165, 1.54) is 24.4 Å². The van der Waals surface area contributed by atoms with Gasteiger partial charge in [0.15, 0.2) is 0 Å². The van der Waals surface area contributed by atoms with Crippen molar-refractivity contribution in [3.8, 4) is 6.07 Å². The average molecular weight is 640 g/mol. The van der Waals surface area contributed by atoms with Crippen molar-refractivity contribution < 1.29 is 13.2 Å². The third kappa shape index (κ3) is 6.93. The second-order valence-corrected chi connectivity index (χ2v) is 11.5. The molecule has 0 spiro atoms. The zero-order valence-electron chi connectivity index (χ0n) is 22.8. The molecule has 43 heavy (non-hydrogen) atoms. The van der Waals surface area contributed by atoms with Crippen LogP contribution >= 0.6 is 23.2 Å². The number of nitrogens with one attached hydrogen (secondary N) is 3. The molecule has 220 valence electrons. The molecule has 2 aromatic heterocycles. The Labute approximate surface area is 259 Å². The molecule has 10 nitrogen and oxygen atoms in total. The van der Waals surface area contributed by atoms with Crippen LogP contribution in [-0.2, 0) is 17.8 Å². The standard InChI is InChI=1S/C29H25Cl2FN8O2S/c1-16(2)40-15-26(38-39-40)28(18-5-3-4-17(8-18)13-35-43(41)42)37-25-10-20(30)9-22-27(19(12-33)14-34-29(22)25)36-21-6-7-24(32)23(31)11-21/h3-11,14-16,28,35,37H,13H2,1-2H3,(H,34,36)(H,41,42)/t28-/m0/s1. The fraction of sp³-hybridized carbons (Fsp3) is 0.172. The minimum absolute atomic E-state index is 0.0674. The van der Waals surface area contributed by atoms with Crippen LogP contribution in [0, 0.1) is 17.1 Å². The number of fused-ring (bicyclic) bond motifs is 1. The zero-order valence-corrected chi connectivity index (χ0v) is 25.2. The number of halogens is 3. The van der Waals surface area contributed by atoms with Crippen molar-refractivity contribution in [1.82, 2.24) is 24.7 Å². The monoisotopic (exact) mass is 638 g/mol. The van der Waals surface area contributed by atoms with Gasteiger partial charge in [-0.3, -0.25) is 9.54 Å². The summed E-state index contributed by atoms with van der Waals surface area (Å²) < 4.78 is 38.4. The van der Waals surface area contributed by atoms with E-state index in [2.05, 4.69) is 36.7 Å². The smallest absolute Gasteiger partial charge is 0.232 e. The number of nitrogens with zero attached hydrogens (tertiary/aromatic N) is 5. The Kier molecular flexibility index (Phi) is 9.19. The highest BCUT2D eigenvalue weighted by Gasteiger charge is 2.22. The molecular weight excluding hydrogens is 614 g/mol.